The van der Waals surface area contributed by atoms with Crippen LogP contribution < -0.4 is 0 Å². The summed E-state index contributed by atoms with van der Waals surface area (Å²) >= 11 is 4.14. The molecule has 0 aliphatic heterocycles. The third-order valence-electron chi connectivity index (χ3n) is 0.676. The molecule has 0 aliphatic rings. The highest BCUT2D eigenvalue weighted by atomic mass is 32.1. The largest absolute Gasteiger partial charge is 0.358 e. The van der Waals surface area contributed by atoms with Gasteiger partial charge in [0.2, 0.25) is 5.85 Å². The van der Waals surface area contributed by atoms with E-state index < -0.39 is 5.85 Å². The Hall–Kier alpha value is -0.0200. The van der Waals surface area contributed by atoms with Gasteiger partial charge in [-0.25, -0.2) is 4.39 Å². The molecular formula is C4H7FOS. The van der Waals surface area contributed by atoms with Crippen molar-refractivity contribution in [1.82, 2.24) is 0 Å². The molecule has 0 aromatic rings. The molecule has 0 fully saturated rings. The Kier molecular flexibility index (Phi) is 2.32. The van der Waals surface area contributed by atoms with Crippen molar-refractivity contribution in [3.63, 3.8) is 0 Å². The normalized spacial score (nSPS) is 18.1. The van der Waals surface area contributed by atoms with Crippen LogP contribution >= 0.6 is 12.2 Å². The number of alkyl halides is 1. The van der Waals surface area contributed by atoms with Gasteiger partial charge in [-0.3, -0.25) is 0 Å². The lowest BCUT2D eigenvalue weighted by atomic mass is 10.3. The highest BCUT2D eigenvalue weighted by molar-refractivity contribution is 7.79. The summed E-state index contributed by atoms with van der Waals surface area (Å²) in [6.45, 7) is 1.52. The summed E-state index contributed by atoms with van der Waals surface area (Å²) in [4.78, 5) is 0. The van der Waals surface area contributed by atoms with Crippen molar-refractivity contribution < 1.29 is 9.50 Å². The number of aliphatic hydroxyl groups is 1. The van der Waals surface area contributed by atoms with Crippen LogP contribution in [0.5, 0.6) is 0 Å². The van der Waals surface area contributed by atoms with Crippen molar-refractivity contribution in [3.05, 3.63) is 0 Å². The number of hydrogen-bond donors (Lipinski definition) is 1. The predicted octanol–water partition coefficient (Wildman–Crippen LogP) is 1.05. The number of hydrogen-bond acceptors (Lipinski definition) is 2. The van der Waals surface area contributed by atoms with E-state index in [1.165, 1.54) is 6.92 Å². The van der Waals surface area contributed by atoms with Gasteiger partial charge < -0.3 is 5.11 Å². The summed E-state index contributed by atoms with van der Waals surface area (Å²) < 4.78 is 11.9. The Labute approximate surface area is 47.2 Å². The monoisotopic (exact) mass is 122 g/mol. The molecule has 0 saturated heterocycles. The standard InChI is InChI=1S/C4H7FOS/c1-2-4(5,6)3-7/h3,6H,2H2,1H3. The smallest absolute Gasteiger partial charge is 0.235 e. The topological polar surface area (TPSA) is 20.2 Å². The van der Waals surface area contributed by atoms with Crippen LogP contribution in [0, 0.1) is 0 Å². The van der Waals surface area contributed by atoms with E-state index in [9.17, 15) is 4.39 Å². The highest BCUT2D eigenvalue weighted by Gasteiger charge is 2.17. The number of rotatable bonds is 2. The van der Waals surface area contributed by atoms with Crippen LogP contribution in [0.15, 0.2) is 0 Å². The van der Waals surface area contributed by atoms with Gasteiger partial charge in [0.15, 0.2) is 0 Å². The second kappa shape index (κ2) is 2.33. The van der Waals surface area contributed by atoms with Gasteiger partial charge in [0.1, 0.15) is 0 Å². The molecule has 0 aromatic carbocycles. The second-order valence-electron chi connectivity index (χ2n) is 1.29. The first kappa shape index (κ1) is 6.98. The maximum Gasteiger partial charge on any atom is 0.235 e. The summed E-state index contributed by atoms with van der Waals surface area (Å²) in [6.07, 6.45) is 0.0243. The van der Waals surface area contributed by atoms with Crippen LogP contribution in [0.1, 0.15) is 13.3 Å². The average Bonchev–Trinajstić information content (AvgIpc) is 1.68. The molecule has 3 heteroatoms. The van der Waals surface area contributed by atoms with E-state index in [0.29, 0.717) is 5.37 Å². The lowest BCUT2D eigenvalue weighted by Crippen LogP contribution is -2.20. The van der Waals surface area contributed by atoms with E-state index in [-0.39, 0.29) is 6.42 Å². The average molecular weight is 122 g/mol. The van der Waals surface area contributed by atoms with Crippen LogP contribution in [0.4, 0.5) is 4.39 Å². The van der Waals surface area contributed by atoms with Crippen molar-refractivity contribution in [2.75, 3.05) is 0 Å². The molecule has 0 aromatic heterocycles. The molecule has 1 N–H and O–H groups in total. The zero-order valence-corrected chi connectivity index (χ0v) is 4.83. The minimum absolute atomic E-state index is 0.0243. The molecule has 0 rings (SSSR count). The van der Waals surface area contributed by atoms with E-state index in [4.69, 9.17) is 5.11 Å². The summed E-state index contributed by atoms with van der Waals surface area (Å²) in [7, 11) is 0. The molecule has 0 saturated carbocycles. The van der Waals surface area contributed by atoms with Gasteiger partial charge in [-0.05, 0) is 0 Å². The zero-order chi connectivity index (χ0) is 5.91. The Bertz CT molecular complexity index is 72.1. The zero-order valence-electron chi connectivity index (χ0n) is 4.02. The molecule has 1 atom stereocenters. The minimum atomic E-state index is -2.23. The van der Waals surface area contributed by atoms with Gasteiger partial charge in [-0.15, -0.1) is 0 Å². The molecule has 0 radical (unpaired) electrons. The van der Waals surface area contributed by atoms with E-state index >= 15 is 0 Å². The molecular weight excluding hydrogens is 115 g/mol. The maximum atomic E-state index is 11.9. The first-order valence-corrected chi connectivity index (χ1v) is 2.47. The molecule has 0 amide bonds. The molecule has 42 valence electrons. The van der Waals surface area contributed by atoms with Crippen molar-refractivity contribution >= 4 is 17.6 Å². The molecule has 0 aliphatic carbocycles. The number of thiocarbonyl (C=S) groups is 1. The van der Waals surface area contributed by atoms with Crippen LogP contribution in [-0.2, 0) is 0 Å². The summed E-state index contributed by atoms with van der Waals surface area (Å²) in [5.74, 6) is -2.23. The highest BCUT2D eigenvalue weighted by Crippen LogP contribution is 2.06. The second-order valence-corrected chi connectivity index (χ2v) is 1.53. The first-order chi connectivity index (χ1) is 3.12. The molecule has 7 heavy (non-hydrogen) atoms. The van der Waals surface area contributed by atoms with Crippen LogP contribution in [-0.4, -0.2) is 16.3 Å². The Balaban J connectivity index is 3.58. The number of halogens is 1. The summed E-state index contributed by atoms with van der Waals surface area (Å²) in [5, 5.41) is 9.02. The Morgan fingerprint density at radius 3 is 2.43 bits per heavy atom. The van der Waals surface area contributed by atoms with Crippen molar-refractivity contribution in [2.24, 2.45) is 0 Å². The third kappa shape index (κ3) is 2.65. The van der Waals surface area contributed by atoms with Gasteiger partial charge in [0.05, 0.1) is 0 Å². The quantitative estimate of drug-likeness (QED) is 0.552. The molecule has 1 nitrogen and oxygen atoms in total. The Morgan fingerprint density at radius 1 is 2.00 bits per heavy atom. The third-order valence-corrected chi connectivity index (χ3v) is 1.04. The van der Waals surface area contributed by atoms with Crippen LogP contribution in [0.3, 0.4) is 0 Å². The van der Waals surface area contributed by atoms with Crippen molar-refractivity contribution in [1.29, 1.82) is 0 Å². The van der Waals surface area contributed by atoms with E-state index in [1.807, 2.05) is 0 Å². The van der Waals surface area contributed by atoms with Gasteiger partial charge >= 0.3 is 0 Å². The molecule has 0 bridgehead atoms. The summed E-state index contributed by atoms with van der Waals surface area (Å²) in [6, 6.07) is 0. The predicted molar refractivity (Wildman–Crippen MR) is 30.0 cm³/mol. The fraction of sp³-hybridized carbons (Fsp3) is 0.750. The lowest BCUT2D eigenvalue weighted by Gasteiger charge is -2.06. The van der Waals surface area contributed by atoms with E-state index in [2.05, 4.69) is 12.2 Å². The molecule has 1 unspecified atom stereocenters. The van der Waals surface area contributed by atoms with Gasteiger partial charge in [-0.2, -0.15) is 0 Å². The van der Waals surface area contributed by atoms with Crippen LogP contribution in [0.25, 0.3) is 0 Å². The fourth-order valence-corrected chi connectivity index (χ4v) is 0.250. The summed E-state index contributed by atoms with van der Waals surface area (Å²) in [5.41, 5.74) is 0. The van der Waals surface area contributed by atoms with Crippen molar-refractivity contribution in [3.8, 4) is 0 Å². The SMILES string of the molecule is CCC(O)(F)C=S. The van der Waals surface area contributed by atoms with Crippen LogP contribution in [0.2, 0.25) is 0 Å². The fourth-order valence-electron chi connectivity index (χ4n) is 0.0833. The minimum Gasteiger partial charge on any atom is -0.358 e. The molecule has 0 spiro atoms. The Morgan fingerprint density at radius 2 is 2.43 bits per heavy atom. The van der Waals surface area contributed by atoms with E-state index in [0.717, 1.165) is 0 Å². The molecule has 0 heterocycles. The van der Waals surface area contributed by atoms with Gasteiger partial charge in [0, 0.05) is 11.8 Å². The lowest BCUT2D eigenvalue weighted by molar-refractivity contribution is -0.0165. The van der Waals surface area contributed by atoms with Gasteiger partial charge in [0.25, 0.3) is 0 Å². The van der Waals surface area contributed by atoms with Gasteiger partial charge in [-0.1, -0.05) is 19.1 Å². The van der Waals surface area contributed by atoms with E-state index in [1.54, 1.807) is 0 Å². The first-order valence-electron chi connectivity index (χ1n) is 2.00. The maximum absolute atomic E-state index is 11.9. The van der Waals surface area contributed by atoms with Crippen molar-refractivity contribution in [2.45, 2.75) is 19.2 Å².